The van der Waals surface area contributed by atoms with Crippen LogP contribution in [-0.2, 0) is 20.9 Å². The largest absolute Gasteiger partial charge is 0.444 e. The number of hydrogen-bond acceptors (Lipinski definition) is 4. The number of anilines is 1. The van der Waals surface area contributed by atoms with Gasteiger partial charge in [-0.1, -0.05) is 35.9 Å². The van der Waals surface area contributed by atoms with Crippen molar-refractivity contribution in [2.45, 2.75) is 32.9 Å². The average Bonchev–Trinajstić information content (AvgIpc) is 2.70. The van der Waals surface area contributed by atoms with Gasteiger partial charge in [-0.05, 0) is 62.2 Å². The highest BCUT2D eigenvalue weighted by molar-refractivity contribution is 6.30. The van der Waals surface area contributed by atoms with E-state index in [4.69, 9.17) is 16.3 Å². The van der Waals surface area contributed by atoms with Gasteiger partial charge in [-0.15, -0.1) is 0 Å². The van der Waals surface area contributed by atoms with Gasteiger partial charge in [0, 0.05) is 23.3 Å². The number of benzene rings is 2. The van der Waals surface area contributed by atoms with Crippen LogP contribution in [0.5, 0.6) is 0 Å². The van der Waals surface area contributed by atoms with Gasteiger partial charge in [0.1, 0.15) is 12.1 Å². The molecule has 0 heterocycles. The summed E-state index contributed by atoms with van der Waals surface area (Å²) in [7, 11) is 0. The molecule has 0 aliphatic heterocycles. The fraction of sp³-hybridized carbons (Fsp3) is 0.261. The van der Waals surface area contributed by atoms with Crippen molar-refractivity contribution in [1.82, 2.24) is 10.6 Å². The molecule has 0 atom stereocenters. The number of rotatable bonds is 7. The van der Waals surface area contributed by atoms with Crippen LogP contribution in [0.4, 0.5) is 10.5 Å². The number of nitrogens with one attached hydrogen (secondary N) is 3. The van der Waals surface area contributed by atoms with Crippen molar-refractivity contribution < 1.29 is 19.1 Å². The minimum absolute atomic E-state index is 0.202. The molecular weight excluding hydrogens is 418 g/mol. The van der Waals surface area contributed by atoms with Crippen molar-refractivity contribution in [3.8, 4) is 0 Å². The Labute approximate surface area is 186 Å². The third kappa shape index (κ3) is 9.82. The zero-order valence-electron chi connectivity index (χ0n) is 17.7. The third-order valence-electron chi connectivity index (χ3n) is 3.79. The average molecular weight is 444 g/mol. The first kappa shape index (κ1) is 24.0. The van der Waals surface area contributed by atoms with Crippen LogP contribution in [0.3, 0.4) is 0 Å². The van der Waals surface area contributed by atoms with Crippen LogP contribution < -0.4 is 16.0 Å². The molecule has 8 heteroatoms. The summed E-state index contributed by atoms with van der Waals surface area (Å²) in [5.74, 6) is -0.597. The number of halogens is 1. The molecule has 0 unspecified atom stereocenters. The van der Waals surface area contributed by atoms with Gasteiger partial charge in [0.15, 0.2) is 0 Å². The van der Waals surface area contributed by atoms with E-state index in [1.807, 2.05) is 12.1 Å². The second-order valence-electron chi connectivity index (χ2n) is 7.70. The Morgan fingerprint density at radius 1 is 0.968 bits per heavy atom. The minimum atomic E-state index is -0.654. The number of amides is 3. The monoisotopic (exact) mass is 443 g/mol. The zero-order valence-corrected chi connectivity index (χ0v) is 18.5. The molecule has 0 aliphatic carbocycles. The number of carbonyl (C=O) groups is 3. The molecule has 31 heavy (non-hydrogen) atoms. The second-order valence-corrected chi connectivity index (χ2v) is 8.14. The van der Waals surface area contributed by atoms with E-state index in [1.165, 1.54) is 6.08 Å². The highest BCUT2D eigenvalue weighted by Gasteiger charge is 2.16. The van der Waals surface area contributed by atoms with E-state index in [9.17, 15) is 14.4 Å². The van der Waals surface area contributed by atoms with Gasteiger partial charge >= 0.3 is 6.09 Å². The number of carbonyl (C=O) groups excluding carboxylic acids is 3. The van der Waals surface area contributed by atoms with Gasteiger partial charge < -0.3 is 20.7 Å². The first-order valence-corrected chi connectivity index (χ1v) is 10.1. The predicted molar refractivity (Wildman–Crippen MR) is 122 cm³/mol. The van der Waals surface area contributed by atoms with Crippen LogP contribution in [0.15, 0.2) is 54.6 Å². The Kier molecular flexibility index (Phi) is 8.63. The van der Waals surface area contributed by atoms with E-state index < -0.39 is 11.7 Å². The molecule has 7 nitrogen and oxygen atoms in total. The van der Waals surface area contributed by atoms with Gasteiger partial charge in [-0.25, -0.2) is 4.79 Å². The first-order valence-electron chi connectivity index (χ1n) is 9.68. The predicted octanol–water partition coefficient (Wildman–Crippen LogP) is 4.13. The lowest BCUT2D eigenvalue weighted by molar-refractivity contribution is -0.117. The van der Waals surface area contributed by atoms with Crippen LogP contribution in [0, 0.1) is 0 Å². The smallest absolute Gasteiger partial charge is 0.408 e. The molecule has 0 spiro atoms. The van der Waals surface area contributed by atoms with Crippen molar-refractivity contribution in [2.24, 2.45) is 0 Å². The molecular formula is C23H26ClN3O4. The number of hydrogen-bond donors (Lipinski definition) is 3. The van der Waals surface area contributed by atoms with Crippen LogP contribution in [-0.4, -0.2) is 30.1 Å². The van der Waals surface area contributed by atoms with Gasteiger partial charge in [0.25, 0.3) is 0 Å². The van der Waals surface area contributed by atoms with Gasteiger partial charge in [-0.2, -0.15) is 0 Å². The van der Waals surface area contributed by atoms with E-state index in [1.54, 1.807) is 63.2 Å². The van der Waals surface area contributed by atoms with Crippen LogP contribution in [0.25, 0.3) is 6.08 Å². The standard InChI is InChI=1S/C23H26ClN3O4/c1-23(2,3)31-22(30)26-15-21(29)27-19-11-6-17(7-12-19)14-25-20(28)13-8-16-4-9-18(24)10-5-16/h4-13H,14-15H2,1-3H3,(H,25,28)(H,26,30)(H,27,29)/b13-8+. The molecule has 2 aromatic rings. The Bertz CT molecular complexity index is 933. The Morgan fingerprint density at radius 2 is 1.61 bits per heavy atom. The SMILES string of the molecule is CC(C)(C)OC(=O)NCC(=O)Nc1ccc(CNC(=O)/C=C/c2ccc(Cl)cc2)cc1. The molecule has 0 saturated carbocycles. The first-order chi connectivity index (χ1) is 14.6. The zero-order chi connectivity index (χ0) is 22.9. The molecule has 0 saturated heterocycles. The maximum absolute atomic E-state index is 12.0. The van der Waals surface area contributed by atoms with E-state index in [2.05, 4.69) is 16.0 Å². The van der Waals surface area contributed by atoms with E-state index >= 15 is 0 Å². The molecule has 2 aromatic carbocycles. The molecule has 3 N–H and O–H groups in total. The van der Waals surface area contributed by atoms with Crippen LogP contribution >= 0.6 is 11.6 Å². The van der Waals surface area contributed by atoms with Crippen molar-refractivity contribution in [3.05, 3.63) is 70.8 Å². The van der Waals surface area contributed by atoms with E-state index in [0.29, 0.717) is 17.3 Å². The molecule has 2 rings (SSSR count). The Balaban J connectivity index is 1.74. The Hall–Kier alpha value is -3.32. The van der Waals surface area contributed by atoms with Gasteiger partial charge in [0.2, 0.25) is 11.8 Å². The highest BCUT2D eigenvalue weighted by atomic mass is 35.5. The summed E-state index contributed by atoms with van der Waals surface area (Å²) in [6, 6.07) is 14.2. The summed E-state index contributed by atoms with van der Waals surface area (Å²) in [5, 5.41) is 8.50. The van der Waals surface area contributed by atoms with Crippen molar-refractivity contribution >= 4 is 41.3 Å². The van der Waals surface area contributed by atoms with Crippen LogP contribution in [0.1, 0.15) is 31.9 Å². The summed E-state index contributed by atoms with van der Waals surface area (Å²) in [4.78, 5) is 35.5. The fourth-order valence-corrected chi connectivity index (χ4v) is 2.50. The highest BCUT2D eigenvalue weighted by Crippen LogP contribution is 2.11. The molecule has 0 aliphatic rings. The fourth-order valence-electron chi connectivity index (χ4n) is 2.37. The summed E-state index contributed by atoms with van der Waals surface area (Å²) in [6.45, 7) is 5.37. The maximum Gasteiger partial charge on any atom is 0.408 e. The van der Waals surface area contributed by atoms with Gasteiger partial charge in [0.05, 0.1) is 0 Å². The normalized spacial score (nSPS) is 11.1. The topological polar surface area (TPSA) is 96.5 Å². The maximum atomic E-state index is 12.0. The number of alkyl carbamates (subject to hydrolysis) is 1. The summed E-state index contributed by atoms with van der Waals surface area (Å²) in [5.41, 5.74) is 1.70. The van der Waals surface area contributed by atoms with E-state index in [0.717, 1.165) is 11.1 Å². The van der Waals surface area contributed by atoms with Crippen molar-refractivity contribution in [1.29, 1.82) is 0 Å². The van der Waals surface area contributed by atoms with E-state index in [-0.39, 0.29) is 18.4 Å². The van der Waals surface area contributed by atoms with Crippen LogP contribution in [0.2, 0.25) is 5.02 Å². The molecule has 0 fully saturated rings. The quantitative estimate of drug-likeness (QED) is 0.560. The molecule has 0 aromatic heterocycles. The lowest BCUT2D eigenvalue weighted by Gasteiger charge is -2.19. The summed E-state index contributed by atoms with van der Waals surface area (Å²) < 4.78 is 5.07. The Morgan fingerprint density at radius 3 is 2.23 bits per heavy atom. The third-order valence-corrected chi connectivity index (χ3v) is 4.05. The van der Waals surface area contributed by atoms with Crippen molar-refractivity contribution in [3.63, 3.8) is 0 Å². The second kappa shape index (κ2) is 11.2. The summed E-state index contributed by atoms with van der Waals surface area (Å²) in [6.07, 6.45) is 2.50. The van der Waals surface area contributed by atoms with Crippen molar-refractivity contribution in [2.75, 3.05) is 11.9 Å². The molecule has 164 valence electrons. The minimum Gasteiger partial charge on any atom is -0.444 e. The lowest BCUT2D eigenvalue weighted by Crippen LogP contribution is -2.37. The molecule has 0 radical (unpaired) electrons. The van der Waals surface area contributed by atoms with Gasteiger partial charge in [-0.3, -0.25) is 9.59 Å². The number of ether oxygens (including phenoxy) is 1. The molecule has 3 amide bonds. The lowest BCUT2D eigenvalue weighted by atomic mass is 10.2. The molecule has 0 bridgehead atoms. The summed E-state index contributed by atoms with van der Waals surface area (Å²) >= 11 is 5.83.